The predicted octanol–water partition coefficient (Wildman–Crippen LogP) is 3.04. The molecular formula is C16H26N2. The van der Waals surface area contributed by atoms with Gasteiger partial charge in [0.2, 0.25) is 0 Å². The second kappa shape index (κ2) is 5.02. The second-order valence-corrected chi connectivity index (χ2v) is 6.38. The molecule has 1 fully saturated rings. The topological polar surface area (TPSA) is 29.3 Å². The van der Waals surface area contributed by atoms with E-state index in [1.807, 2.05) is 0 Å². The number of rotatable bonds is 5. The summed E-state index contributed by atoms with van der Waals surface area (Å²) in [6.45, 7) is 8.71. The lowest BCUT2D eigenvalue weighted by molar-refractivity contribution is 0.295. The van der Waals surface area contributed by atoms with Crippen LogP contribution in [0, 0.1) is 6.92 Å². The van der Waals surface area contributed by atoms with Gasteiger partial charge in [-0.2, -0.15) is 0 Å². The summed E-state index contributed by atoms with van der Waals surface area (Å²) in [6, 6.07) is 6.84. The Morgan fingerprint density at radius 3 is 2.56 bits per heavy atom. The summed E-state index contributed by atoms with van der Waals surface area (Å²) in [7, 11) is 2.18. The minimum absolute atomic E-state index is 0.109. The van der Waals surface area contributed by atoms with Gasteiger partial charge >= 0.3 is 0 Å². The standard InChI is InChI=1S/C16H26N2/c1-12(2)14-6-5-13(3)15(9-14)10-18(4)11-16(17)7-8-16/h5-6,9,12H,7-8,10-11,17H2,1-4H3. The molecule has 0 atom stereocenters. The molecule has 2 rings (SSSR count). The molecule has 0 spiro atoms. The molecule has 1 aliphatic carbocycles. The molecule has 0 unspecified atom stereocenters. The Balaban J connectivity index is 2.05. The first-order valence-corrected chi connectivity index (χ1v) is 6.96. The summed E-state index contributed by atoms with van der Waals surface area (Å²) in [4.78, 5) is 2.36. The second-order valence-electron chi connectivity index (χ2n) is 6.38. The van der Waals surface area contributed by atoms with E-state index in [2.05, 4.69) is 50.9 Å². The van der Waals surface area contributed by atoms with E-state index in [0.29, 0.717) is 5.92 Å². The van der Waals surface area contributed by atoms with Crippen molar-refractivity contribution in [3.63, 3.8) is 0 Å². The Morgan fingerprint density at radius 2 is 2.00 bits per heavy atom. The first kappa shape index (κ1) is 13.6. The summed E-state index contributed by atoms with van der Waals surface area (Å²) >= 11 is 0. The Bertz CT molecular complexity index is 419. The molecule has 0 aromatic heterocycles. The van der Waals surface area contributed by atoms with Crippen LogP contribution in [0.4, 0.5) is 0 Å². The fraction of sp³-hybridized carbons (Fsp3) is 0.625. The average molecular weight is 246 g/mol. The minimum atomic E-state index is 0.109. The van der Waals surface area contributed by atoms with E-state index >= 15 is 0 Å². The summed E-state index contributed by atoms with van der Waals surface area (Å²) in [5.74, 6) is 0.596. The molecule has 0 aliphatic heterocycles. The Morgan fingerprint density at radius 1 is 1.33 bits per heavy atom. The van der Waals surface area contributed by atoms with Gasteiger partial charge in [-0.25, -0.2) is 0 Å². The third-order valence-electron chi connectivity index (χ3n) is 3.96. The highest BCUT2D eigenvalue weighted by molar-refractivity contribution is 5.32. The van der Waals surface area contributed by atoms with Crippen molar-refractivity contribution in [1.29, 1.82) is 0 Å². The Labute approximate surface area is 111 Å². The van der Waals surface area contributed by atoms with Crippen molar-refractivity contribution in [3.05, 3.63) is 34.9 Å². The zero-order chi connectivity index (χ0) is 13.3. The van der Waals surface area contributed by atoms with Gasteiger partial charge < -0.3 is 10.6 Å². The van der Waals surface area contributed by atoms with Crippen molar-refractivity contribution in [2.24, 2.45) is 5.73 Å². The molecule has 2 nitrogen and oxygen atoms in total. The van der Waals surface area contributed by atoms with Crippen LogP contribution in [0.1, 0.15) is 49.3 Å². The van der Waals surface area contributed by atoms with Gasteiger partial charge in [0, 0.05) is 18.6 Å². The van der Waals surface area contributed by atoms with Crippen LogP contribution >= 0.6 is 0 Å². The molecule has 1 saturated carbocycles. The van der Waals surface area contributed by atoms with Gasteiger partial charge in [-0.15, -0.1) is 0 Å². The van der Waals surface area contributed by atoms with Gasteiger partial charge in [-0.3, -0.25) is 0 Å². The lowest BCUT2D eigenvalue weighted by Gasteiger charge is -2.22. The van der Waals surface area contributed by atoms with E-state index in [1.54, 1.807) is 0 Å². The molecule has 1 aromatic carbocycles. The lowest BCUT2D eigenvalue weighted by atomic mass is 9.97. The van der Waals surface area contributed by atoms with Gasteiger partial charge in [0.05, 0.1) is 0 Å². The van der Waals surface area contributed by atoms with E-state index in [-0.39, 0.29) is 5.54 Å². The van der Waals surface area contributed by atoms with E-state index in [9.17, 15) is 0 Å². The molecule has 0 saturated heterocycles. The first-order chi connectivity index (χ1) is 8.39. The summed E-state index contributed by atoms with van der Waals surface area (Å²) in [5, 5.41) is 0. The van der Waals surface area contributed by atoms with Crippen LogP contribution in [0.25, 0.3) is 0 Å². The number of hydrogen-bond acceptors (Lipinski definition) is 2. The fourth-order valence-electron chi connectivity index (χ4n) is 2.42. The number of benzene rings is 1. The predicted molar refractivity (Wildman–Crippen MR) is 77.8 cm³/mol. The zero-order valence-corrected chi connectivity index (χ0v) is 12.2. The molecule has 1 aliphatic rings. The summed E-state index contributed by atoms with van der Waals surface area (Å²) in [6.07, 6.45) is 2.37. The highest BCUT2D eigenvalue weighted by Gasteiger charge is 2.38. The number of likely N-dealkylation sites (N-methyl/N-ethyl adjacent to an activating group) is 1. The van der Waals surface area contributed by atoms with E-state index < -0.39 is 0 Å². The van der Waals surface area contributed by atoms with Crippen LogP contribution in [0.2, 0.25) is 0 Å². The largest absolute Gasteiger partial charge is 0.324 e. The van der Waals surface area contributed by atoms with Crippen LogP contribution in [0.5, 0.6) is 0 Å². The molecule has 2 heteroatoms. The Kier molecular flexibility index (Phi) is 3.79. The van der Waals surface area contributed by atoms with Crippen LogP contribution in [0.15, 0.2) is 18.2 Å². The molecular weight excluding hydrogens is 220 g/mol. The van der Waals surface area contributed by atoms with Crippen molar-refractivity contribution in [1.82, 2.24) is 4.90 Å². The Hall–Kier alpha value is -0.860. The highest BCUT2D eigenvalue weighted by atomic mass is 15.1. The molecule has 18 heavy (non-hydrogen) atoms. The zero-order valence-electron chi connectivity index (χ0n) is 12.2. The van der Waals surface area contributed by atoms with Crippen molar-refractivity contribution in [2.45, 2.75) is 51.6 Å². The summed E-state index contributed by atoms with van der Waals surface area (Å²) < 4.78 is 0. The molecule has 0 bridgehead atoms. The van der Waals surface area contributed by atoms with Crippen LogP contribution in [0.3, 0.4) is 0 Å². The van der Waals surface area contributed by atoms with Gasteiger partial charge in [0.25, 0.3) is 0 Å². The monoisotopic (exact) mass is 246 g/mol. The van der Waals surface area contributed by atoms with Crippen molar-refractivity contribution in [2.75, 3.05) is 13.6 Å². The molecule has 0 heterocycles. The van der Waals surface area contributed by atoms with E-state index in [4.69, 9.17) is 5.73 Å². The number of aryl methyl sites for hydroxylation is 1. The van der Waals surface area contributed by atoms with Gasteiger partial charge in [0.15, 0.2) is 0 Å². The molecule has 0 amide bonds. The normalized spacial score (nSPS) is 17.5. The van der Waals surface area contributed by atoms with E-state index in [0.717, 1.165) is 13.1 Å². The number of nitrogens with two attached hydrogens (primary N) is 1. The third-order valence-corrected chi connectivity index (χ3v) is 3.96. The maximum Gasteiger partial charge on any atom is 0.0284 e. The highest BCUT2D eigenvalue weighted by Crippen LogP contribution is 2.33. The molecule has 100 valence electrons. The number of nitrogens with zero attached hydrogens (tertiary/aromatic N) is 1. The van der Waals surface area contributed by atoms with Gasteiger partial charge in [0.1, 0.15) is 0 Å². The molecule has 0 radical (unpaired) electrons. The maximum absolute atomic E-state index is 6.18. The first-order valence-electron chi connectivity index (χ1n) is 6.96. The van der Waals surface area contributed by atoms with Crippen molar-refractivity contribution < 1.29 is 0 Å². The lowest BCUT2D eigenvalue weighted by Crippen LogP contribution is -2.36. The van der Waals surface area contributed by atoms with Crippen LogP contribution in [-0.2, 0) is 6.54 Å². The maximum atomic E-state index is 6.18. The molecule has 2 N–H and O–H groups in total. The summed E-state index contributed by atoms with van der Waals surface area (Å²) in [5.41, 5.74) is 10.5. The minimum Gasteiger partial charge on any atom is -0.324 e. The van der Waals surface area contributed by atoms with Gasteiger partial charge in [-0.1, -0.05) is 32.0 Å². The fourth-order valence-corrected chi connectivity index (χ4v) is 2.42. The van der Waals surface area contributed by atoms with Crippen molar-refractivity contribution >= 4 is 0 Å². The average Bonchev–Trinajstić information content (AvgIpc) is 2.98. The quantitative estimate of drug-likeness (QED) is 0.865. The van der Waals surface area contributed by atoms with Crippen molar-refractivity contribution in [3.8, 4) is 0 Å². The van der Waals surface area contributed by atoms with E-state index in [1.165, 1.54) is 29.5 Å². The van der Waals surface area contributed by atoms with Gasteiger partial charge in [-0.05, 0) is 49.4 Å². The third kappa shape index (κ3) is 3.33. The number of hydrogen-bond donors (Lipinski definition) is 1. The molecule has 1 aromatic rings. The smallest absolute Gasteiger partial charge is 0.0284 e. The van der Waals surface area contributed by atoms with Crippen LogP contribution in [-0.4, -0.2) is 24.0 Å². The SMILES string of the molecule is Cc1ccc(C(C)C)cc1CN(C)CC1(N)CC1. The van der Waals surface area contributed by atoms with Crippen LogP contribution < -0.4 is 5.73 Å².